The van der Waals surface area contributed by atoms with Gasteiger partial charge in [0.2, 0.25) is 0 Å². The monoisotopic (exact) mass is 288 g/mol. The highest BCUT2D eigenvalue weighted by Crippen LogP contribution is 2.35. The summed E-state index contributed by atoms with van der Waals surface area (Å²) >= 11 is 0. The molecule has 2 rings (SSSR count). The molecule has 2 aromatic rings. The molecule has 0 amide bonds. The van der Waals surface area contributed by atoms with Crippen molar-refractivity contribution >= 4 is 0 Å². The van der Waals surface area contributed by atoms with Crippen molar-refractivity contribution in [3.05, 3.63) is 65.0 Å². The molecule has 112 valence electrons. The third-order valence-corrected chi connectivity index (χ3v) is 3.61. The molecule has 2 nitrogen and oxygen atoms in total. The minimum atomic E-state index is -1.31. The van der Waals surface area contributed by atoms with Crippen LogP contribution >= 0.6 is 0 Å². The summed E-state index contributed by atoms with van der Waals surface area (Å²) in [4.78, 5) is 0. The molecule has 0 aliphatic heterocycles. The van der Waals surface area contributed by atoms with Gasteiger partial charge in [-0.05, 0) is 43.5 Å². The zero-order chi connectivity index (χ0) is 15.5. The molecule has 3 heteroatoms. The van der Waals surface area contributed by atoms with Gasteiger partial charge >= 0.3 is 0 Å². The standard InChI is InChI=1S/C18H21FO2/c1-4-11-21-17-8-6-5-7-15(17)18(3,20)14-10-9-13(2)16(19)12-14/h5-10,12,20H,4,11H2,1-3H3. The summed E-state index contributed by atoms with van der Waals surface area (Å²) in [6.45, 7) is 5.96. The molecule has 1 unspecified atom stereocenters. The number of rotatable bonds is 5. The fourth-order valence-electron chi connectivity index (χ4n) is 2.26. The first-order valence-electron chi connectivity index (χ1n) is 7.18. The van der Waals surface area contributed by atoms with E-state index in [1.165, 1.54) is 6.07 Å². The van der Waals surface area contributed by atoms with Gasteiger partial charge in [0.25, 0.3) is 0 Å². The lowest BCUT2D eigenvalue weighted by Crippen LogP contribution is -2.24. The summed E-state index contributed by atoms with van der Waals surface area (Å²) < 4.78 is 19.5. The Labute approximate surface area is 125 Å². The van der Waals surface area contributed by atoms with E-state index >= 15 is 0 Å². The third-order valence-electron chi connectivity index (χ3n) is 3.61. The number of aliphatic hydroxyl groups is 1. The minimum absolute atomic E-state index is 0.320. The summed E-state index contributed by atoms with van der Waals surface area (Å²) in [6, 6.07) is 12.1. The molecule has 1 atom stereocenters. The molecule has 0 saturated carbocycles. The van der Waals surface area contributed by atoms with Crippen LogP contribution < -0.4 is 4.74 Å². The van der Waals surface area contributed by atoms with Gasteiger partial charge in [-0.15, -0.1) is 0 Å². The molecule has 0 radical (unpaired) electrons. The topological polar surface area (TPSA) is 29.5 Å². The van der Waals surface area contributed by atoms with E-state index in [2.05, 4.69) is 0 Å². The molecule has 1 N–H and O–H groups in total. The Hall–Kier alpha value is -1.87. The summed E-state index contributed by atoms with van der Waals surface area (Å²) in [6.07, 6.45) is 0.885. The maximum Gasteiger partial charge on any atom is 0.126 e. The normalized spacial score (nSPS) is 13.8. The van der Waals surface area contributed by atoms with Crippen LogP contribution in [0.2, 0.25) is 0 Å². The molecular weight excluding hydrogens is 267 g/mol. The van der Waals surface area contributed by atoms with Crippen molar-refractivity contribution in [1.82, 2.24) is 0 Å². The van der Waals surface area contributed by atoms with E-state index in [0.717, 1.165) is 6.42 Å². The fourth-order valence-corrected chi connectivity index (χ4v) is 2.26. The summed E-state index contributed by atoms with van der Waals surface area (Å²) in [5, 5.41) is 10.9. The largest absolute Gasteiger partial charge is 0.493 e. The number of para-hydroxylation sites is 1. The van der Waals surface area contributed by atoms with Gasteiger partial charge in [-0.25, -0.2) is 4.39 Å². The van der Waals surface area contributed by atoms with E-state index in [4.69, 9.17) is 4.74 Å². The molecule has 0 heterocycles. The molecule has 0 fully saturated rings. The molecule has 0 aromatic heterocycles. The second kappa shape index (κ2) is 6.27. The Morgan fingerprint density at radius 1 is 1.19 bits per heavy atom. The Bertz CT molecular complexity index is 620. The van der Waals surface area contributed by atoms with E-state index < -0.39 is 5.60 Å². The van der Waals surface area contributed by atoms with Crippen molar-refractivity contribution in [3.63, 3.8) is 0 Å². The summed E-state index contributed by atoms with van der Waals surface area (Å²) in [7, 11) is 0. The lowest BCUT2D eigenvalue weighted by Gasteiger charge is -2.27. The number of aryl methyl sites for hydroxylation is 1. The molecule has 0 aliphatic rings. The van der Waals surface area contributed by atoms with Crippen LogP contribution in [-0.2, 0) is 5.60 Å². The fraction of sp³-hybridized carbons (Fsp3) is 0.333. The number of halogens is 1. The van der Waals surface area contributed by atoms with Gasteiger partial charge < -0.3 is 9.84 Å². The van der Waals surface area contributed by atoms with Gasteiger partial charge in [-0.2, -0.15) is 0 Å². The Kier molecular flexibility index (Phi) is 4.63. The average molecular weight is 288 g/mol. The maximum absolute atomic E-state index is 13.8. The van der Waals surface area contributed by atoms with Gasteiger partial charge in [0.1, 0.15) is 17.2 Å². The Morgan fingerprint density at radius 3 is 2.57 bits per heavy atom. The van der Waals surface area contributed by atoms with Crippen molar-refractivity contribution in [2.24, 2.45) is 0 Å². The highest BCUT2D eigenvalue weighted by atomic mass is 19.1. The van der Waals surface area contributed by atoms with Crippen LogP contribution in [-0.4, -0.2) is 11.7 Å². The highest BCUT2D eigenvalue weighted by molar-refractivity contribution is 5.44. The molecular formula is C18H21FO2. The minimum Gasteiger partial charge on any atom is -0.493 e. The van der Waals surface area contributed by atoms with Crippen molar-refractivity contribution < 1.29 is 14.2 Å². The lowest BCUT2D eigenvalue weighted by atomic mass is 9.87. The number of benzene rings is 2. The average Bonchev–Trinajstić information content (AvgIpc) is 2.48. The van der Waals surface area contributed by atoms with Crippen LogP contribution in [0.4, 0.5) is 4.39 Å². The van der Waals surface area contributed by atoms with Crippen LogP contribution in [0.3, 0.4) is 0 Å². The van der Waals surface area contributed by atoms with Gasteiger partial charge in [0, 0.05) is 5.56 Å². The number of ether oxygens (including phenoxy) is 1. The van der Waals surface area contributed by atoms with Crippen molar-refractivity contribution in [2.45, 2.75) is 32.8 Å². The SMILES string of the molecule is CCCOc1ccccc1C(C)(O)c1ccc(C)c(F)c1. The lowest BCUT2D eigenvalue weighted by molar-refractivity contribution is 0.0974. The summed E-state index contributed by atoms with van der Waals surface area (Å²) in [5.41, 5.74) is 0.406. The van der Waals surface area contributed by atoms with Crippen LogP contribution in [0.1, 0.15) is 37.0 Å². The number of hydrogen-bond acceptors (Lipinski definition) is 2. The van der Waals surface area contributed by atoms with Gasteiger partial charge in [-0.1, -0.05) is 37.3 Å². The highest BCUT2D eigenvalue weighted by Gasteiger charge is 2.29. The molecule has 0 aliphatic carbocycles. The quantitative estimate of drug-likeness (QED) is 0.894. The molecule has 2 aromatic carbocycles. The van der Waals surface area contributed by atoms with Gasteiger partial charge in [-0.3, -0.25) is 0 Å². The Morgan fingerprint density at radius 2 is 1.90 bits per heavy atom. The van der Waals surface area contributed by atoms with Gasteiger partial charge in [0.15, 0.2) is 0 Å². The van der Waals surface area contributed by atoms with Crippen LogP contribution in [0, 0.1) is 12.7 Å². The smallest absolute Gasteiger partial charge is 0.126 e. The van der Waals surface area contributed by atoms with E-state index in [1.54, 1.807) is 26.0 Å². The first-order valence-corrected chi connectivity index (χ1v) is 7.18. The predicted molar refractivity (Wildman–Crippen MR) is 82.0 cm³/mol. The van der Waals surface area contributed by atoms with Crippen LogP contribution in [0.5, 0.6) is 5.75 Å². The second-order valence-corrected chi connectivity index (χ2v) is 5.38. The van der Waals surface area contributed by atoms with Crippen LogP contribution in [0.15, 0.2) is 42.5 Å². The van der Waals surface area contributed by atoms with E-state index in [9.17, 15) is 9.50 Å². The zero-order valence-corrected chi connectivity index (χ0v) is 12.7. The Balaban J connectivity index is 2.45. The molecule has 0 saturated heterocycles. The first-order chi connectivity index (χ1) is 9.96. The molecule has 0 bridgehead atoms. The zero-order valence-electron chi connectivity index (χ0n) is 12.7. The van der Waals surface area contributed by atoms with E-state index in [1.807, 2.05) is 31.2 Å². The number of hydrogen-bond donors (Lipinski definition) is 1. The van der Waals surface area contributed by atoms with Crippen LogP contribution in [0.25, 0.3) is 0 Å². The van der Waals surface area contributed by atoms with Gasteiger partial charge in [0.05, 0.1) is 6.61 Å². The predicted octanol–water partition coefficient (Wildman–Crippen LogP) is 4.18. The summed E-state index contributed by atoms with van der Waals surface area (Å²) in [5.74, 6) is 0.310. The molecule has 21 heavy (non-hydrogen) atoms. The van der Waals surface area contributed by atoms with Crippen molar-refractivity contribution in [3.8, 4) is 5.75 Å². The first kappa shape index (κ1) is 15.5. The second-order valence-electron chi connectivity index (χ2n) is 5.38. The van der Waals surface area contributed by atoms with E-state index in [0.29, 0.717) is 29.0 Å². The van der Waals surface area contributed by atoms with E-state index in [-0.39, 0.29) is 5.82 Å². The van der Waals surface area contributed by atoms with Crippen molar-refractivity contribution in [1.29, 1.82) is 0 Å². The maximum atomic E-state index is 13.8. The van der Waals surface area contributed by atoms with Crippen molar-refractivity contribution in [2.75, 3.05) is 6.61 Å². The third kappa shape index (κ3) is 3.24. The molecule has 0 spiro atoms.